The second kappa shape index (κ2) is 7.20. The summed E-state index contributed by atoms with van der Waals surface area (Å²) < 4.78 is 0. The SMILES string of the molecule is CN(C)C(=O)c1ccc(CN(CCO)C2CCc3ccccc32)[nH]1. The topological polar surface area (TPSA) is 59.6 Å². The number of rotatable bonds is 6. The minimum Gasteiger partial charge on any atom is -0.395 e. The van der Waals surface area contributed by atoms with Crippen LogP contribution in [0, 0.1) is 0 Å². The largest absolute Gasteiger partial charge is 0.395 e. The molecule has 0 aliphatic heterocycles. The van der Waals surface area contributed by atoms with Crippen molar-refractivity contribution in [1.82, 2.24) is 14.8 Å². The molecule has 0 radical (unpaired) electrons. The van der Waals surface area contributed by atoms with E-state index in [4.69, 9.17) is 0 Å². The second-order valence-electron chi connectivity index (χ2n) is 6.54. The maximum Gasteiger partial charge on any atom is 0.269 e. The number of carbonyl (C=O) groups is 1. The molecule has 2 aromatic rings. The van der Waals surface area contributed by atoms with Gasteiger partial charge in [-0.1, -0.05) is 24.3 Å². The lowest BCUT2D eigenvalue weighted by Gasteiger charge is -2.28. The summed E-state index contributed by atoms with van der Waals surface area (Å²) in [7, 11) is 3.49. The van der Waals surface area contributed by atoms with E-state index in [-0.39, 0.29) is 12.5 Å². The molecule has 1 aliphatic rings. The van der Waals surface area contributed by atoms with Crippen LogP contribution in [-0.4, -0.2) is 53.0 Å². The molecule has 1 aliphatic carbocycles. The Balaban J connectivity index is 1.77. The molecule has 1 aromatic carbocycles. The molecule has 2 N–H and O–H groups in total. The fourth-order valence-corrected chi connectivity index (χ4v) is 3.50. The fourth-order valence-electron chi connectivity index (χ4n) is 3.50. The van der Waals surface area contributed by atoms with Gasteiger partial charge in [0.05, 0.1) is 6.61 Å². The standard InChI is InChI=1S/C19H25N3O2/c1-21(2)19(24)17-9-8-15(20-17)13-22(11-12-23)18-10-7-14-5-3-4-6-16(14)18/h3-6,8-9,18,20,23H,7,10-13H2,1-2H3. The third kappa shape index (κ3) is 3.37. The summed E-state index contributed by atoms with van der Waals surface area (Å²) in [5.41, 5.74) is 4.37. The highest BCUT2D eigenvalue weighted by atomic mass is 16.3. The molecule has 5 nitrogen and oxygen atoms in total. The van der Waals surface area contributed by atoms with Crippen molar-refractivity contribution in [3.63, 3.8) is 0 Å². The number of amides is 1. The lowest BCUT2D eigenvalue weighted by Crippen LogP contribution is -2.30. The van der Waals surface area contributed by atoms with Gasteiger partial charge in [-0.25, -0.2) is 0 Å². The number of hydrogen-bond acceptors (Lipinski definition) is 3. The number of aliphatic hydroxyl groups is 1. The summed E-state index contributed by atoms with van der Waals surface area (Å²) in [5.74, 6) is -0.0267. The van der Waals surface area contributed by atoms with E-state index in [0.29, 0.717) is 24.8 Å². The van der Waals surface area contributed by atoms with E-state index in [0.717, 1.165) is 18.5 Å². The van der Waals surface area contributed by atoms with Crippen LogP contribution in [0.25, 0.3) is 0 Å². The first-order valence-corrected chi connectivity index (χ1v) is 8.42. The number of aromatic amines is 1. The van der Waals surface area contributed by atoms with Crippen LogP contribution in [0.3, 0.4) is 0 Å². The van der Waals surface area contributed by atoms with Crippen LogP contribution in [0.4, 0.5) is 0 Å². The molecule has 1 unspecified atom stereocenters. The number of aryl methyl sites for hydroxylation is 1. The van der Waals surface area contributed by atoms with E-state index in [1.807, 2.05) is 12.1 Å². The molecule has 5 heteroatoms. The van der Waals surface area contributed by atoms with Crippen molar-refractivity contribution in [2.75, 3.05) is 27.2 Å². The van der Waals surface area contributed by atoms with Crippen molar-refractivity contribution >= 4 is 5.91 Å². The van der Waals surface area contributed by atoms with E-state index in [9.17, 15) is 9.90 Å². The summed E-state index contributed by atoms with van der Waals surface area (Å²) in [4.78, 5) is 19.1. The van der Waals surface area contributed by atoms with E-state index >= 15 is 0 Å². The normalized spacial score (nSPS) is 16.4. The number of benzene rings is 1. The highest BCUT2D eigenvalue weighted by Gasteiger charge is 2.27. The van der Waals surface area contributed by atoms with Crippen molar-refractivity contribution in [2.45, 2.75) is 25.4 Å². The van der Waals surface area contributed by atoms with Gasteiger partial charge in [0.2, 0.25) is 0 Å². The highest BCUT2D eigenvalue weighted by Crippen LogP contribution is 2.36. The van der Waals surface area contributed by atoms with Gasteiger partial charge >= 0.3 is 0 Å². The smallest absolute Gasteiger partial charge is 0.269 e. The molecule has 0 bridgehead atoms. The summed E-state index contributed by atoms with van der Waals surface area (Å²) in [6.45, 7) is 1.44. The summed E-state index contributed by atoms with van der Waals surface area (Å²) >= 11 is 0. The Morgan fingerprint density at radius 3 is 2.79 bits per heavy atom. The van der Waals surface area contributed by atoms with Gasteiger partial charge in [0, 0.05) is 38.9 Å². The quantitative estimate of drug-likeness (QED) is 0.855. The predicted octanol–water partition coefficient (Wildman–Crippen LogP) is 2.20. The molecular weight excluding hydrogens is 302 g/mol. The zero-order valence-electron chi connectivity index (χ0n) is 14.3. The monoisotopic (exact) mass is 327 g/mol. The average molecular weight is 327 g/mol. The first kappa shape index (κ1) is 16.7. The zero-order chi connectivity index (χ0) is 17.1. The molecule has 0 spiro atoms. The molecule has 128 valence electrons. The molecule has 0 saturated heterocycles. The van der Waals surface area contributed by atoms with Gasteiger partial charge in [-0.3, -0.25) is 9.69 Å². The van der Waals surface area contributed by atoms with Crippen LogP contribution in [0.1, 0.15) is 39.8 Å². The number of H-pyrrole nitrogens is 1. The van der Waals surface area contributed by atoms with E-state index < -0.39 is 0 Å². The number of aliphatic hydroxyl groups excluding tert-OH is 1. The number of fused-ring (bicyclic) bond motifs is 1. The number of hydrogen-bond donors (Lipinski definition) is 2. The maximum atomic E-state index is 12.0. The predicted molar refractivity (Wildman–Crippen MR) is 93.8 cm³/mol. The van der Waals surface area contributed by atoms with Gasteiger partial charge in [0.25, 0.3) is 5.91 Å². The molecule has 0 fully saturated rings. The van der Waals surface area contributed by atoms with Gasteiger partial charge < -0.3 is 15.0 Å². The van der Waals surface area contributed by atoms with Crippen LogP contribution < -0.4 is 0 Å². The lowest BCUT2D eigenvalue weighted by atomic mass is 10.1. The summed E-state index contributed by atoms with van der Waals surface area (Å²) in [5, 5.41) is 9.48. The van der Waals surface area contributed by atoms with Crippen molar-refractivity contribution in [2.24, 2.45) is 0 Å². The number of carbonyl (C=O) groups excluding carboxylic acids is 1. The Labute approximate surface area is 142 Å². The zero-order valence-corrected chi connectivity index (χ0v) is 14.3. The molecule has 1 atom stereocenters. The van der Waals surface area contributed by atoms with E-state index in [1.165, 1.54) is 11.1 Å². The number of aromatic nitrogens is 1. The van der Waals surface area contributed by atoms with Gasteiger partial charge in [0.1, 0.15) is 5.69 Å². The average Bonchev–Trinajstić information content (AvgIpc) is 3.20. The molecule has 24 heavy (non-hydrogen) atoms. The third-order valence-corrected chi connectivity index (χ3v) is 4.69. The maximum absolute atomic E-state index is 12.0. The fraction of sp³-hybridized carbons (Fsp3) is 0.421. The van der Waals surface area contributed by atoms with E-state index in [1.54, 1.807) is 19.0 Å². The second-order valence-corrected chi connectivity index (χ2v) is 6.54. The van der Waals surface area contributed by atoms with Gasteiger partial charge in [0.15, 0.2) is 0 Å². The Bertz CT molecular complexity index is 708. The van der Waals surface area contributed by atoms with E-state index in [2.05, 4.69) is 34.1 Å². The van der Waals surface area contributed by atoms with Crippen LogP contribution in [0.5, 0.6) is 0 Å². The lowest BCUT2D eigenvalue weighted by molar-refractivity contribution is 0.0822. The molecule has 0 saturated carbocycles. The Hall–Kier alpha value is -2.11. The first-order chi connectivity index (χ1) is 11.6. The third-order valence-electron chi connectivity index (χ3n) is 4.69. The van der Waals surface area contributed by atoms with Crippen LogP contribution in [0.2, 0.25) is 0 Å². The highest BCUT2D eigenvalue weighted by molar-refractivity contribution is 5.92. The molecule has 1 amide bonds. The molecule has 3 rings (SSSR count). The van der Waals surface area contributed by atoms with Crippen LogP contribution in [0.15, 0.2) is 36.4 Å². The minimum atomic E-state index is -0.0267. The van der Waals surface area contributed by atoms with Crippen LogP contribution in [-0.2, 0) is 13.0 Å². The first-order valence-electron chi connectivity index (χ1n) is 8.42. The van der Waals surface area contributed by atoms with Crippen molar-refractivity contribution in [1.29, 1.82) is 0 Å². The van der Waals surface area contributed by atoms with Crippen molar-refractivity contribution in [3.05, 3.63) is 58.9 Å². The summed E-state index contributed by atoms with van der Waals surface area (Å²) in [6.07, 6.45) is 2.15. The van der Waals surface area contributed by atoms with Crippen molar-refractivity contribution in [3.8, 4) is 0 Å². The number of nitrogens with zero attached hydrogens (tertiary/aromatic N) is 2. The molecule has 1 heterocycles. The minimum absolute atomic E-state index is 0.0267. The van der Waals surface area contributed by atoms with Crippen molar-refractivity contribution < 1.29 is 9.90 Å². The van der Waals surface area contributed by atoms with Gasteiger partial charge in [-0.15, -0.1) is 0 Å². The Kier molecular flexibility index (Phi) is 5.02. The Morgan fingerprint density at radius 1 is 1.25 bits per heavy atom. The molecular formula is C19H25N3O2. The van der Waals surface area contributed by atoms with Gasteiger partial charge in [-0.2, -0.15) is 0 Å². The molecule has 1 aromatic heterocycles. The number of nitrogens with one attached hydrogen (secondary N) is 1. The Morgan fingerprint density at radius 2 is 2.04 bits per heavy atom. The van der Waals surface area contributed by atoms with Crippen LogP contribution >= 0.6 is 0 Å². The van der Waals surface area contributed by atoms with Gasteiger partial charge in [-0.05, 0) is 36.1 Å². The summed E-state index contributed by atoms with van der Waals surface area (Å²) in [6, 6.07) is 12.7.